The maximum absolute atomic E-state index is 12.7. The minimum Gasteiger partial charge on any atom is -0.295 e. The molecule has 0 spiro atoms. The molecule has 126 valence electrons. The van der Waals surface area contributed by atoms with Crippen LogP contribution in [0.2, 0.25) is 10.0 Å². The van der Waals surface area contributed by atoms with Crippen LogP contribution in [0, 0.1) is 11.6 Å². The van der Waals surface area contributed by atoms with E-state index in [0.717, 1.165) is 4.68 Å². The summed E-state index contributed by atoms with van der Waals surface area (Å²) in [5.74, 6) is -0.224. The summed E-state index contributed by atoms with van der Waals surface area (Å²) in [6.45, 7) is 1.74. The monoisotopic (exact) mass is 391 g/mol. The molecular formula is C17H11Cl2N3O2S. The second kappa shape index (κ2) is 6.92. The van der Waals surface area contributed by atoms with Crippen molar-refractivity contribution in [1.29, 1.82) is 0 Å². The number of carbonyl (C=O) groups excluding carboxylic acids is 1. The van der Waals surface area contributed by atoms with Gasteiger partial charge in [-0.1, -0.05) is 35.4 Å². The van der Waals surface area contributed by atoms with Gasteiger partial charge in [-0.2, -0.15) is 9.78 Å². The van der Waals surface area contributed by atoms with Crippen LogP contribution in [0.4, 0.5) is 0 Å². The molecule has 0 saturated heterocycles. The lowest BCUT2D eigenvalue weighted by Gasteiger charge is -2.11. The van der Waals surface area contributed by atoms with Crippen molar-refractivity contribution in [2.24, 2.45) is 0 Å². The molecular weight excluding hydrogens is 381 g/mol. The normalized spacial score (nSPS) is 10.7. The first-order valence-electron chi connectivity index (χ1n) is 7.16. The van der Waals surface area contributed by atoms with Crippen LogP contribution < -0.4 is 5.69 Å². The minimum absolute atomic E-state index is 0.224. The molecule has 0 bridgehead atoms. The fourth-order valence-electron chi connectivity index (χ4n) is 2.42. The maximum atomic E-state index is 12.7. The van der Waals surface area contributed by atoms with Crippen LogP contribution in [-0.4, -0.2) is 20.5 Å². The van der Waals surface area contributed by atoms with Crippen molar-refractivity contribution in [3.63, 3.8) is 0 Å². The second-order valence-electron chi connectivity index (χ2n) is 5.31. The van der Waals surface area contributed by atoms with Crippen LogP contribution in [0.5, 0.6) is 0 Å². The van der Waals surface area contributed by atoms with Crippen molar-refractivity contribution in [3.8, 4) is 5.69 Å². The Kier molecular flexibility index (Phi) is 4.85. The van der Waals surface area contributed by atoms with Gasteiger partial charge in [-0.25, -0.2) is 4.79 Å². The summed E-state index contributed by atoms with van der Waals surface area (Å²) < 4.78 is 1.37. The first-order valence-corrected chi connectivity index (χ1v) is 8.32. The third kappa shape index (κ3) is 3.56. The summed E-state index contributed by atoms with van der Waals surface area (Å²) in [5.41, 5.74) is 1.41. The van der Waals surface area contributed by atoms with Crippen molar-refractivity contribution in [1.82, 2.24) is 14.8 Å². The Morgan fingerprint density at radius 3 is 2.48 bits per heavy atom. The number of ketones is 1. The summed E-state index contributed by atoms with van der Waals surface area (Å²) in [4.78, 5) is 27.2. The zero-order chi connectivity index (χ0) is 18.1. The molecule has 3 aromatic rings. The molecule has 1 N–H and O–H groups in total. The highest BCUT2D eigenvalue weighted by atomic mass is 35.5. The van der Waals surface area contributed by atoms with Gasteiger partial charge in [0.2, 0.25) is 0 Å². The first-order chi connectivity index (χ1) is 11.9. The lowest BCUT2D eigenvalue weighted by Crippen LogP contribution is -2.23. The van der Waals surface area contributed by atoms with Gasteiger partial charge in [0, 0.05) is 16.1 Å². The fourth-order valence-corrected chi connectivity index (χ4v) is 3.03. The molecule has 5 nitrogen and oxygen atoms in total. The van der Waals surface area contributed by atoms with E-state index in [4.69, 9.17) is 35.4 Å². The Labute approximate surface area is 157 Å². The predicted molar refractivity (Wildman–Crippen MR) is 99.7 cm³/mol. The highest BCUT2D eigenvalue weighted by Gasteiger charge is 2.17. The number of rotatable bonds is 3. The van der Waals surface area contributed by atoms with Gasteiger partial charge in [0.1, 0.15) is 4.64 Å². The first kappa shape index (κ1) is 17.5. The number of aromatic amines is 1. The van der Waals surface area contributed by atoms with E-state index in [1.165, 1.54) is 12.3 Å². The molecule has 3 rings (SSSR count). The van der Waals surface area contributed by atoms with E-state index in [1.54, 1.807) is 37.3 Å². The lowest BCUT2D eigenvalue weighted by atomic mass is 9.98. The van der Waals surface area contributed by atoms with E-state index in [-0.39, 0.29) is 15.4 Å². The van der Waals surface area contributed by atoms with Crippen LogP contribution in [-0.2, 0) is 0 Å². The van der Waals surface area contributed by atoms with Crippen molar-refractivity contribution in [2.45, 2.75) is 6.92 Å². The molecule has 1 aromatic heterocycles. The van der Waals surface area contributed by atoms with Crippen LogP contribution in [0.25, 0.3) is 5.69 Å². The number of hydrogen-bond donors (Lipinski definition) is 1. The Morgan fingerprint density at radius 2 is 1.88 bits per heavy atom. The van der Waals surface area contributed by atoms with Gasteiger partial charge in [0.05, 0.1) is 16.9 Å². The number of halogens is 2. The molecule has 0 unspecified atom stereocenters. The molecule has 0 atom stereocenters. The van der Waals surface area contributed by atoms with E-state index in [2.05, 4.69) is 10.1 Å². The van der Waals surface area contributed by atoms with Crippen LogP contribution in [0.15, 0.2) is 47.4 Å². The van der Waals surface area contributed by atoms with Gasteiger partial charge in [0.15, 0.2) is 5.78 Å². The average Bonchev–Trinajstić information content (AvgIpc) is 2.54. The number of nitrogens with one attached hydrogen (secondary N) is 1. The van der Waals surface area contributed by atoms with E-state index in [9.17, 15) is 9.59 Å². The lowest BCUT2D eigenvalue weighted by molar-refractivity contribution is 0.103. The van der Waals surface area contributed by atoms with Crippen molar-refractivity contribution < 1.29 is 4.79 Å². The summed E-state index contributed by atoms with van der Waals surface area (Å²) in [7, 11) is 0. The molecule has 25 heavy (non-hydrogen) atoms. The Bertz CT molecular complexity index is 1070. The second-order valence-corrected chi connectivity index (χ2v) is 6.59. The molecule has 0 saturated carbocycles. The number of nitrogens with zero attached hydrogens (tertiary/aromatic N) is 2. The quantitative estimate of drug-likeness (QED) is 0.538. The Balaban J connectivity index is 2.09. The largest absolute Gasteiger partial charge is 0.347 e. The third-order valence-corrected chi connectivity index (χ3v) is 4.32. The van der Waals surface area contributed by atoms with Gasteiger partial charge < -0.3 is 0 Å². The van der Waals surface area contributed by atoms with Gasteiger partial charge in [-0.3, -0.25) is 9.78 Å². The van der Waals surface area contributed by atoms with Crippen molar-refractivity contribution in [2.75, 3.05) is 0 Å². The number of H-pyrrole nitrogens is 1. The van der Waals surface area contributed by atoms with Gasteiger partial charge >= 0.3 is 5.69 Å². The molecule has 0 radical (unpaired) electrons. The number of benzene rings is 2. The molecule has 2 aromatic carbocycles. The summed E-state index contributed by atoms with van der Waals surface area (Å²) in [5, 5.41) is 4.75. The van der Waals surface area contributed by atoms with Crippen LogP contribution in [0.1, 0.15) is 21.5 Å². The molecule has 0 fully saturated rings. The number of aryl methyl sites for hydroxylation is 1. The van der Waals surface area contributed by atoms with E-state index >= 15 is 0 Å². The molecule has 0 aliphatic rings. The Morgan fingerprint density at radius 1 is 1.20 bits per heavy atom. The molecule has 0 aliphatic carbocycles. The van der Waals surface area contributed by atoms with Gasteiger partial charge in [0.25, 0.3) is 0 Å². The summed E-state index contributed by atoms with van der Waals surface area (Å²) in [6.07, 6.45) is 1.35. The van der Waals surface area contributed by atoms with Gasteiger partial charge in [-0.15, -0.1) is 0 Å². The molecule has 8 heteroatoms. The van der Waals surface area contributed by atoms with Crippen molar-refractivity contribution in [3.05, 3.63) is 84.5 Å². The summed E-state index contributed by atoms with van der Waals surface area (Å²) >= 11 is 17.0. The SMILES string of the molecule is Cc1cc(-n2ncc(=S)[nH]c2=O)cc(Cl)c1C(=O)c1ccc(Cl)cc1. The highest BCUT2D eigenvalue weighted by Crippen LogP contribution is 2.26. The molecule has 1 heterocycles. The summed E-state index contributed by atoms with van der Waals surface area (Å²) in [6, 6.07) is 9.74. The van der Waals surface area contributed by atoms with E-state index in [0.29, 0.717) is 27.4 Å². The van der Waals surface area contributed by atoms with Crippen LogP contribution in [0.3, 0.4) is 0 Å². The molecule has 0 aliphatic heterocycles. The fraction of sp³-hybridized carbons (Fsp3) is 0.0588. The number of hydrogen-bond acceptors (Lipinski definition) is 4. The van der Waals surface area contributed by atoms with E-state index in [1.807, 2.05) is 0 Å². The zero-order valence-electron chi connectivity index (χ0n) is 12.9. The average molecular weight is 392 g/mol. The van der Waals surface area contributed by atoms with Crippen LogP contribution >= 0.6 is 35.4 Å². The molecule has 0 amide bonds. The number of aromatic nitrogens is 3. The standard InChI is InChI=1S/C17H11Cl2N3O2S/c1-9-6-12(22-17(24)21-14(25)8-20-22)7-13(19)15(9)16(23)10-2-4-11(18)5-3-10/h2-8H,1H3,(H,21,24,25). The highest BCUT2D eigenvalue weighted by molar-refractivity contribution is 7.71. The Hall–Kier alpha value is -2.28. The number of carbonyl (C=O) groups is 1. The maximum Gasteiger partial charge on any atom is 0.347 e. The smallest absolute Gasteiger partial charge is 0.295 e. The van der Waals surface area contributed by atoms with Gasteiger partial charge in [-0.05, 0) is 48.9 Å². The zero-order valence-corrected chi connectivity index (χ0v) is 15.2. The third-order valence-electron chi connectivity index (χ3n) is 3.56. The van der Waals surface area contributed by atoms with Crippen molar-refractivity contribution >= 4 is 41.2 Å². The predicted octanol–water partition coefficient (Wildman–Crippen LogP) is 4.14. The van der Waals surface area contributed by atoms with E-state index < -0.39 is 5.69 Å². The minimum atomic E-state index is -0.486. The topological polar surface area (TPSA) is 67.8 Å².